The second-order valence-electron chi connectivity index (χ2n) is 5.67. The maximum atomic E-state index is 12.1. The number of hydrogen-bond acceptors (Lipinski definition) is 6. The number of ether oxygens (including phenoxy) is 1. The highest BCUT2D eigenvalue weighted by Gasteiger charge is 2.33. The largest absolute Gasteiger partial charge is 0.458 e. The highest BCUT2D eigenvalue weighted by atomic mass is 16.6. The Balaban J connectivity index is 2.46. The Labute approximate surface area is 140 Å². The fraction of sp³-hybridized carbons (Fsp3) is 0.471. The van der Waals surface area contributed by atoms with Crippen LogP contribution in [0.15, 0.2) is 36.0 Å². The van der Waals surface area contributed by atoms with Gasteiger partial charge in [0.05, 0.1) is 23.7 Å². The van der Waals surface area contributed by atoms with Crippen molar-refractivity contribution in [3.05, 3.63) is 51.7 Å². The molecule has 2 N–H and O–H groups in total. The summed E-state index contributed by atoms with van der Waals surface area (Å²) in [4.78, 5) is 22.9. The summed E-state index contributed by atoms with van der Waals surface area (Å²) in [6.45, 7) is 1.64. The summed E-state index contributed by atoms with van der Waals surface area (Å²) >= 11 is 0. The van der Waals surface area contributed by atoms with Crippen LogP contribution >= 0.6 is 0 Å². The van der Waals surface area contributed by atoms with E-state index in [2.05, 4.69) is 5.32 Å². The molecule has 0 spiro atoms. The Morgan fingerprint density at radius 1 is 1.33 bits per heavy atom. The van der Waals surface area contributed by atoms with Gasteiger partial charge < -0.3 is 15.2 Å². The lowest BCUT2D eigenvalue weighted by atomic mass is 9.92. The fourth-order valence-corrected chi connectivity index (χ4v) is 2.83. The van der Waals surface area contributed by atoms with E-state index in [0.29, 0.717) is 18.4 Å². The first-order chi connectivity index (χ1) is 11.5. The Morgan fingerprint density at radius 2 is 2.00 bits per heavy atom. The molecule has 1 aliphatic rings. The number of nitrogens with one attached hydrogen (secondary N) is 1. The van der Waals surface area contributed by atoms with Gasteiger partial charge in [0.2, 0.25) is 0 Å². The van der Waals surface area contributed by atoms with Crippen molar-refractivity contribution >= 4 is 11.7 Å². The second kappa shape index (κ2) is 8.44. The molecule has 0 aliphatic heterocycles. The van der Waals surface area contributed by atoms with E-state index in [4.69, 9.17) is 4.74 Å². The molecule has 1 saturated carbocycles. The Hall–Kier alpha value is -2.41. The number of benzene rings is 1. The normalized spacial score (nSPS) is 21.6. The van der Waals surface area contributed by atoms with Crippen molar-refractivity contribution in [1.29, 1.82) is 0 Å². The molecule has 1 aromatic rings. The summed E-state index contributed by atoms with van der Waals surface area (Å²) < 4.78 is 4.84. The lowest BCUT2D eigenvalue weighted by molar-refractivity contribution is -0.420. The van der Waals surface area contributed by atoms with Crippen LogP contribution < -0.4 is 5.32 Å². The van der Waals surface area contributed by atoms with E-state index < -0.39 is 22.7 Å². The summed E-state index contributed by atoms with van der Waals surface area (Å²) in [5.41, 5.74) is -0.0409. The zero-order valence-electron chi connectivity index (χ0n) is 13.6. The molecule has 2 atom stereocenters. The number of carbonyl (C=O) groups is 1. The molecular weight excluding hydrogens is 312 g/mol. The first-order valence-corrected chi connectivity index (χ1v) is 8.10. The average molecular weight is 334 g/mol. The van der Waals surface area contributed by atoms with Crippen LogP contribution in [0.2, 0.25) is 0 Å². The first kappa shape index (κ1) is 17.9. The van der Waals surface area contributed by atoms with Crippen molar-refractivity contribution in [2.45, 2.75) is 44.8 Å². The maximum absolute atomic E-state index is 12.1. The van der Waals surface area contributed by atoms with Gasteiger partial charge in [-0.25, -0.2) is 4.79 Å². The summed E-state index contributed by atoms with van der Waals surface area (Å²) in [7, 11) is 0. The molecule has 0 heterocycles. The topological polar surface area (TPSA) is 102 Å². The molecule has 0 bridgehead atoms. The summed E-state index contributed by atoms with van der Waals surface area (Å²) in [6, 6.07) is 8.28. The smallest absolute Gasteiger partial charge is 0.412 e. The number of aliphatic hydroxyl groups is 1. The third kappa shape index (κ3) is 4.32. The molecule has 7 heteroatoms. The van der Waals surface area contributed by atoms with E-state index in [-0.39, 0.29) is 18.3 Å². The standard InChI is InChI=1S/C17H22N2O5/c1-2-24-17(21)16(19(22)23)15(12-8-4-3-5-9-12)18-13-10-6-7-11-14(13)20/h3-5,8-9,13-14,18,20H,2,6-7,10-11H2,1H3/b16-15+/t13-,14-/m1/s1. The molecule has 0 unspecified atom stereocenters. The van der Waals surface area contributed by atoms with Gasteiger partial charge in [0.25, 0.3) is 0 Å². The molecule has 1 fully saturated rings. The SMILES string of the molecule is CCOC(=O)/C(=C(\N[C@@H]1CCCC[C@H]1O)c1ccccc1)[N+](=O)[O-]. The summed E-state index contributed by atoms with van der Waals surface area (Å²) in [6.07, 6.45) is 2.55. The van der Waals surface area contributed by atoms with Gasteiger partial charge in [0.1, 0.15) is 5.70 Å². The lowest BCUT2D eigenvalue weighted by Crippen LogP contribution is -2.42. The third-order valence-corrected chi connectivity index (χ3v) is 4.01. The Bertz CT molecular complexity index is 615. The van der Waals surface area contributed by atoms with Crippen LogP contribution in [0.5, 0.6) is 0 Å². The van der Waals surface area contributed by atoms with Gasteiger partial charge in [-0.05, 0) is 19.8 Å². The van der Waals surface area contributed by atoms with Crippen LogP contribution in [0.3, 0.4) is 0 Å². The zero-order valence-corrected chi connectivity index (χ0v) is 13.6. The Morgan fingerprint density at radius 3 is 2.58 bits per heavy atom. The van der Waals surface area contributed by atoms with Gasteiger partial charge in [-0.3, -0.25) is 10.1 Å². The van der Waals surface area contributed by atoms with Crippen LogP contribution in [-0.2, 0) is 9.53 Å². The van der Waals surface area contributed by atoms with E-state index in [0.717, 1.165) is 12.8 Å². The van der Waals surface area contributed by atoms with Crippen molar-refractivity contribution in [3.63, 3.8) is 0 Å². The number of hydrogen-bond donors (Lipinski definition) is 2. The van der Waals surface area contributed by atoms with Gasteiger partial charge in [-0.15, -0.1) is 0 Å². The van der Waals surface area contributed by atoms with Gasteiger partial charge >= 0.3 is 11.7 Å². The molecular formula is C17H22N2O5. The third-order valence-electron chi connectivity index (χ3n) is 4.01. The number of aliphatic hydroxyl groups excluding tert-OH is 1. The molecule has 0 saturated heterocycles. The van der Waals surface area contributed by atoms with Crippen LogP contribution in [0.1, 0.15) is 38.2 Å². The average Bonchev–Trinajstić information content (AvgIpc) is 2.57. The summed E-state index contributed by atoms with van der Waals surface area (Å²) in [5.74, 6) is -0.987. The minimum absolute atomic E-state index is 0.0459. The molecule has 0 amide bonds. The van der Waals surface area contributed by atoms with E-state index in [9.17, 15) is 20.0 Å². The molecule has 24 heavy (non-hydrogen) atoms. The van der Waals surface area contributed by atoms with Crippen LogP contribution in [0, 0.1) is 10.1 Å². The highest BCUT2D eigenvalue weighted by molar-refractivity contribution is 5.94. The van der Waals surface area contributed by atoms with E-state index in [1.54, 1.807) is 37.3 Å². The van der Waals surface area contributed by atoms with Crippen molar-refractivity contribution in [2.75, 3.05) is 6.61 Å². The number of nitrogens with zero attached hydrogens (tertiary/aromatic N) is 1. The summed E-state index contributed by atoms with van der Waals surface area (Å²) in [5, 5.41) is 24.7. The minimum Gasteiger partial charge on any atom is -0.458 e. The maximum Gasteiger partial charge on any atom is 0.412 e. The number of esters is 1. The molecule has 0 radical (unpaired) electrons. The predicted molar refractivity (Wildman–Crippen MR) is 88.4 cm³/mol. The number of rotatable bonds is 6. The predicted octanol–water partition coefficient (Wildman–Crippen LogP) is 2.09. The molecule has 1 aliphatic carbocycles. The minimum atomic E-state index is -0.987. The van der Waals surface area contributed by atoms with Gasteiger partial charge in [-0.2, -0.15) is 0 Å². The van der Waals surface area contributed by atoms with Crippen LogP contribution in [-0.4, -0.2) is 34.8 Å². The van der Waals surface area contributed by atoms with Gasteiger partial charge in [0.15, 0.2) is 0 Å². The van der Waals surface area contributed by atoms with E-state index >= 15 is 0 Å². The van der Waals surface area contributed by atoms with Crippen molar-refractivity contribution in [1.82, 2.24) is 5.32 Å². The van der Waals surface area contributed by atoms with Gasteiger partial charge in [-0.1, -0.05) is 43.2 Å². The monoisotopic (exact) mass is 334 g/mol. The lowest BCUT2D eigenvalue weighted by Gasteiger charge is -2.30. The fourth-order valence-electron chi connectivity index (χ4n) is 2.83. The number of nitro groups is 1. The highest BCUT2D eigenvalue weighted by Crippen LogP contribution is 2.24. The van der Waals surface area contributed by atoms with Crippen LogP contribution in [0.4, 0.5) is 0 Å². The molecule has 7 nitrogen and oxygen atoms in total. The zero-order chi connectivity index (χ0) is 17.5. The van der Waals surface area contributed by atoms with Crippen molar-refractivity contribution in [3.8, 4) is 0 Å². The Kier molecular flexibility index (Phi) is 6.31. The quantitative estimate of drug-likeness (QED) is 0.357. The van der Waals surface area contributed by atoms with E-state index in [1.807, 2.05) is 0 Å². The molecule has 0 aromatic heterocycles. The molecule has 130 valence electrons. The second-order valence-corrected chi connectivity index (χ2v) is 5.67. The first-order valence-electron chi connectivity index (χ1n) is 8.10. The van der Waals surface area contributed by atoms with Crippen molar-refractivity contribution in [2.24, 2.45) is 0 Å². The van der Waals surface area contributed by atoms with Crippen molar-refractivity contribution < 1.29 is 19.6 Å². The van der Waals surface area contributed by atoms with Crippen LogP contribution in [0.25, 0.3) is 5.70 Å². The number of carbonyl (C=O) groups excluding carboxylic acids is 1. The molecule has 1 aromatic carbocycles. The molecule has 2 rings (SSSR count). The van der Waals surface area contributed by atoms with Gasteiger partial charge in [0, 0.05) is 5.56 Å². The van der Waals surface area contributed by atoms with E-state index in [1.165, 1.54) is 0 Å².